The predicted octanol–water partition coefficient (Wildman–Crippen LogP) is 5.74. The number of hydrogen-bond donors (Lipinski definition) is 1. The summed E-state index contributed by atoms with van der Waals surface area (Å²) in [5, 5.41) is 5.05. The first-order valence-corrected chi connectivity index (χ1v) is 9.08. The molecule has 0 bridgehead atoms. The molecule has 0 amide bonds. The van der Waals surface area contributed by atoms with Crippen LogP contribution < -0.4 is 5.73 Å². The first kappa shape index (κ1) is 16.3. The Labute approximate surface area is 146 Å². The molecule has 1 nitrogen and oxygen atoms in total. The standard InChI is InChI=1S/C20H20ClNS/c1-14(22)20(12-15-2-8-19(21)9-3-15)17-6-4-16(5-7-17)18-10-11-23-13-18/h2-11,13-14,20H,12,22H2,1H3. The number of nitrogens with two attached hydrogens (primary N) is 1. The molecule has 2 unspecified atom stereocenters. The number of benzene rings is 2. The molecule has 3 rings (SSSR count). The SMILES string of the molecule is CC(N)C(Cc1ccc(Cl)cc1)c1ccc(-c2ccsc2)cc1. The molecule has 0 spiro atoms. The molecule has 1 aromatic heterocycles. The van der Waals surface area contributed by atoms with Crippen LogP contribution in [0, 0.1) is 0 Å². The Morgan fingerprint density at radius 2 is 1.65 bits per heavy atom. The van der Waals surface area contributed by atoms with Gasteiger partial charge in [0.15, 0.2) is 0 Å². The highest BCUT2D eigenvalue weighted by atomic mass is 35.5. The topological polar surface area (TPSA) is 26.0 Å². The van der Waals surface area contributed by atoms with Crippen molar-refractivity contribution in [1.29, 1.82) is 0 Å². The molecular weight excluding hydrogens is 322 g/mol. The summed E-state index contributed by atoms with van der Waals surface area (Å²) < 4.78 is 0. The van der Waals surface area contributed by atoms with Gasteiger partial charge in [0.25, 0.3) is 0 Å². The van der Waals surface area contributed by atoms with E-state index in [4.69, 9.17) is 17.3 Å². The zero-order valence-corrected chi connectivity index (χ0v) is 14.6. The van der Waals surface area contributed by atoms with E-state index in [9.17, 15) is 0 Å². The van der Waals surface area contributed by atoms with Crippen LogP contribution in [0.25, 0.3) is 11.1 Å². The highest BCUT2D eigenvalue weighted by Gasteiger charge is 2.17. The maximum absolute atomic E-state index is 6.25. The van der Waals surface area contributed by atoms with Gasteiger partial charge in [0.1, 0.15) is 0 Å². The van der Waals surface area contributed by atoms with Crippen LogP contribution in [0.1, 0.15) is 24.0 Å². The van der Waals surface area contributed by atoms with Gasteiger partial charge in [0.05, 0.1) is 0 Å². The summed E-state index contributed by atoms with van der Waals surface area (Å²) >= 11 is 7.69. The Bertz CT molecular complexity index is 730. The smallest absolute Gasteiger partial charge is 0.0406 e. The Hall–Kier alpha value is -1.61. The quantitative estimate of drug-likeness (QED) is 0.629. The summed E-state index contributed by atoms with van der Waals surface area (Å²) in [5.41, 5.74) is 11.3. The molecule has 2 N–H and O–H groups in total. The van der Waals surface area contributed by atoms with E-state index in [1.165, 1.54) is 22.3 Å². The molecule has 0 aliphatic rings. The second kappa shape index (κ2) is 7.31. The van der Waals surface area contributed by atoms with E-state index in [0.29, 0.717) is 5.92 Å². The minimum atomic E-state index is 0.0951. The minimum absolute atomic E-state index is 0.0951. The van der Waals surface area contributed by atoms with Gasteiger partial charge in [0, 0.05) is 17.0 Å². The van der Waals surface area contributed by atoms with Crippen LogP contribution in [0.5, 0.6) is 0 Å². The van der Waals surface area contributed by atoms with Crippen LogP contribution in [0.3, 0.4) is 0 Å². The van der Waals surface area contributed by atoms with Crippen LogP contribution in [0.2, 0.25) is 5.02 Å². The zero-order valence-electron chi connectivity index (χ0n) is 13.1. The highest BCUT2D eigenvalue weighted by molar-refractivity contribution is 7.08. The first-order valence-electron chi connectivity index (χ1n) is 7.76. The molecule has 3 aromatic rings. The van der Waals surface area contributed by atoms with Gasteiger partial charge in [0.2, 0.25) is 0 Å². The van der Waals surface area contributed by atoms with Gasteiger partial charge in [-0.2, -0.15) is 11.3 Å². The van der Waals surface area contributed by atoms with Crippen molar-refractivity contribution >= 4 is 22.9 Å². The van der Waals surface area contributed by atoms with Crippen LogP contribution in [-0.2, 0) is 6.42 Å². The highest BCUT2D eigenvalue weighted by Crippen LogP contribution is 2.28. The molecule has 3 heteroatoms. The van der Waals surface area contributed by atoms with E-state index in [0.717, 1.165) is 11.4 Å². The molecule has 0 saturated heterocycles. The Balaban J connectivity index is 1.82. The lowest BCUT2D eigenvalue weighted by atomic mass is 9.86. The first-order chi connectivity index (χ1) is 11.1. The van der Waals surface area contributed by atoms with Crippen molar-refractivity contribution in [3.63, 3.8) is 0 Å². The largest absolute Gasteiger partial charge is 0.327 e. The summed E-state index contributed by atoms with van der Waals surface area (Å²) in [4.78, 5) is 0. The van der Waals surface area contributed by atoms with Gasteiger partial charge in [-0.1, -0.05) is 48.0 Å². The third-order valence-electron chi connectivity index (χ3n) is 4.20. The Morgan fingerprint density at radius 1 is 0.957 bits per heavy atom. The average Bonchev–Trinajstić information content (AvgIpc) is 3.09. The number of thiophene rings is 1. The van der Waals surface area contributed by atoms with E-state index in [2.05, 4.69) is 60.1 Å². The Morgan fingerprint density at radius 3 is 2.22 bits per heavy atom. The summed E-state index contributed by atoms with van der Waals surface area (Å²) in [6.45, 7) is 2.08. The fraction of sp³-hybridized carbons (Fsp3) is 0.200. The number of halogens is 1. The lowest BCUT2D eigenvalue weighted by Gasteiger charge is -2.22. The van der Waals surface area contributed by atoms with Crippen LogP contribution >= 0.6 is 22.9 Å². The van der Waals surface area contributed by atoms with Crippen molar-refractivity contribution in [2.75, 3.05) is 0 Å². The number of rotatable bonds is 5. The molecule has 0 aliphatic carbocycles. The molecule has 2 atom stereocenters. The molecule has 0 fully saturated rings. The number of hydrogen-bond acceptors (Lipinski definition) is 2. The molecule has 0 aliphatic heterocycles. The second-order valence-electron chi connectivity index (χ2n) is 5.93. The van der Waals surface area contributed by atoms with Crippen LogP contribution in [-0.4, -0.2) is 6.04 Å². The summed E-state index contributed by atoms with van der Waals surface area (Å²) in [5.74, 6) is 0.299. The monoisotopic (exact) mass is 341 g/mol. The molecule has 0 radical (unpaired) electrons. The molecule has 23 heavy (non-hydrogen) atoms. The van der Waals surface area contributed by atoms with Crippen molar-refractivity contribution < 1.29 is 0 Å². The van der Waals surface area contributed by atoms with E-state index >= 15 is 0 Å². The van der Waals surface area contributed by atoms with Gasteiger partial charge in [-0.15, -0.1) is 0 Å². The van der Waals surface area contributed by atoms with Gasteiger partial charge in [-0.05, 0) is 64.6 Å². The zero-order chi connectivity index (χ0) is 16.2. The fourth-order valence-corrected chi connectivity index (χ4v) is 3.62. The minimum Gasteiger partial charge on any atom is -0.327 e. The van der Waals surface area contributed by atoms with Crippen molar-refractivity contribution in [1.82, 2.24) is 0 Å². The molecule has 2 aromatic carbocycles. The lowest BCUT2D eigenvalue weighted by molar-refractivity contribution is 0.565. The predicted molar refractivity (Wildman–Crippen MR) is 101 cm³/mol. The maximum atomic E-state index is 6.25. The van der Waals surface area contributed by atoms with Crippen molar-refractivity contribution in [2.45, 2.75) is 25.3 Å². The van der Waals surface area contributed by atoms with E-state index < -0.39 is 0 Å². The van der Waals surface area contributed by atoms with Gasteiger partial charge in [-0.25, -0.2) is 0 Å². The molecule has 118 valence electrons. The van der Waals surface area contributed by atoms with E-state index in [1.807, 2.05) is 12.1 Å². The molecule has 1 heterocycles. The third kappa shape index (κ3) is 4.03. The average molecular weight is 342 g/mol. The van der Waals surface area contributed by atoms with Gasteiger partial charge < -0.3 is 5.73 Å². The fourth-order valence-electron chi connectivity index (χ4n) is 2.83. The second-order valence-corrected chi connectivity index (χ2v) is 7.15. The van der Waals surface area contributed by atoms with Crippen molar-refractivity contribution in [2.24, 2.45) is 5.73 Å². The normalized spacial score (nSPS) is 13.7. The maximum Gasteiger partial charge on any atom is 0.0406 e. The Kier molecular flexibility index (Phi) is 5.16. The molecule has 0 saturated carbocycles. The molecular formula is C20H20ClNS. The van der Waals surface area contributed by atoms with Crippen LogP contribution in [0.4, 0.5) is 0 Å². The van der Waals surface area contributed by atoms with Crippen molar-refractivity contribution in [3.8, 4) is 11.1 Å². The van der Waals surface area contributed by atoms with E-state index in [-0.39, 0.29) is 6.04 Å². The van der Waals surface area contributed by atoms with Gasteiger partial charge >= 0.3 is 0 Å². The third-order valence-corrected chi connectivity index (χ3v) is 5.13. The summed E-state index contributed by atoms with van der Waals surface area (Å²) in [7, 11) is 0. The summed E-state index contributed by atoms with van der Waals surface area (Å²) in [6, 6.07) is 19.1. The summed E-state index contributed by atoms with van der Waals surface area (Å²) in [6.07, 6.45) is 0.923. The van der Waals surface area contributed by atoms with Crippen LogP contribution in [0.15, 0.2) is 65.4 Å². The van der Waals surface area contributed by atoms with Crippen molar-refractivity contribution in [3.05, 3.63) is 81.5 Å². The lowest BCUT2D eigenvalue weighted by Crippen LogP contribution is -2.26. The van der Waals surface area contributed by atoms with E-state index in [1.54, 1.807) is 11.3 Å². The van der Waals surface area contributed by atoms with Gasteiger partial charge in [-0.3, -0.25) is 0 Å².